The third-order valence-electron chi connectivity index (χ3n) is 5.49. The summed E-state index contributed by atoms with van der Waals surface area (Å²) < 4.78 is 5.86. The molecule has 140 valence electrons. The summed E-state index contributed by atoms with van der Waals surface area (Å²) in [5, 5.41) is 10.9. The van der Waals surface area contributed by atoms with Crippen molar-refractivity contribution in [3.05, 3.63) is 46.5 Å². The van der Waals surface area contributed by atoms with E-state index in [1.807, 2.05) is 0 Å². The van der Waals surface area contributed by atoms with E-state index in [-0.39, 0.29) is 5.69 Å². The van der Waals surface area contributed by atoms with Crippen LogP contribution in [0.1, 0.15) is 45.9 Å². The summed E-state index contributed by atoms with van der Waals surface area (Å²) in [4.78, 5) is 17.5. The van der Waals surface area contributed by atoms with Crippen molar-refractivity contribution in [2.45, 2.75) is 58.5 Å². The van der Waals surface area contributed by atoms with Crippen LogP contribution in [0.5, 0.6) is 0 Å². The van der Waals surface area contributed by atoms with Gasteiger partial charge in [-0.05, 0) is 25.7 Å². The second-order valence-electron chi connectivity index (χ2n) is 7.27. The predicted molar refractivity (Wildman–Crippen MR) is 101 cm³/mol. The molecule has 2 unspecified atom stereocenters. The molecule has 1 aromatic carbocycles. The van der Waals surface area contributed by atoms with Crippen molar-refractivity contribution in [1.82, 2.24) is 9.88 Å². The molecule has 2 aromatic rings. The highest BCUT2D eigenvalue weighted by atomic mass is 16.6. The van der Waals surface area contributed by atoms with Gasteiger partial charge in [-0.25, -0.2) is 4.98 Å². The van der Waals surface area contributed by atoms with Crippen molar-refractivity contribution < 1.29 is 9.34 Å². The molecule has 0 saturated heterocycles. The van der Waals surface area contributed by atoms with Crippen molar-refractivity contribution in [3.8, 4) is 11.3 Å². The van der Waals surface area contributed by atoms with Crippen molar-refractivity contribution in [2.75, 3.05) is 6.54 Å². The fraction of sp³-hybridized carbons (Fsp3) is 0.550. The Kier molecular flexibility index (Phi) is 5.71. The summed E-state index contributed by atoms with van der Waals surface area (Å²) in [5.74, 6) is 1.94. The minimum absolute atomic E-state index is 0.0581. The Morgan fingerprint density at radius 3 is 2.81 bits per heavy atom. The molecule has 26 heavy (non-hydrogen) atoms. The largest absolute Gasteiger partial charge is 0.441 e. The van der Waals surface area contributed by atoms with Crippen molar-refractivity contribution in [3.63, 3.8) is 0 Å². The van der Waals surface area contributed by atoms with Crippen LogP contribution in [0.25, 0.3) is 11.3 Å². The van der Waals surface area contributed by atoms with Gasteiger partial charge in [0.25, 0.3) is 5.69 Å². The zero-order valence-corrected chi connectivity index (χ0v) is 15.7. The normalized spacial score (nSPS) is 16.6. The van der Waals surface area contributed by atoms with E-state index >= 15 is 0 Å². The van der Waals surface area contributed by atoms with E-state index in [9.17, 15) is 10.1 Å². The highest BCUT2D eigenvalue weighted by molar-refractivity contribution is 5.60. The maximum atomic E-state index is 10.9. The number of hydrogen-bond donors (Lipinski definition) is 0. The highest BCUT2D eigenvalue weighted by Gasteiger charge is 2.33. The Morgan fingerprint density at radius 2 is 2.15 bits per heavy atom. The van der Waals surface area contributed by atoms with Crippen LogP contribution in [0.2, 0.25) is 0 Å². The van der Waals surface area contributed by atoms with Gasteiger partial charge in [0.15, 0.2) is 11.7 Å². The van der Waals surface area contributed by atoms with Gasteiger partial charge in [0.2, 0.25) is 0 Å². The predicted octanol–water partition coefficient (Wildman–Crippen LogP) is 4.69. The first-order valence-electron chi connectivity index (χ1n) is 9.44. The van der Waals surface area contributed by atoms with E-state index in [4.69, 9.17) is 4.42 Å². The molecule has 0 radical (unpaired) electrons. The quantitative estimate of drug-likeness (QED) is 0.481. The van der Waals surface area contributed by atoms with E-state index in [0.29, 0.717) is 35.2 Å². The molecule has 1 aliphatic carbocycles. The average molecular weight is 357 g/mol. The van der Waals surface area contributed by atoms with Gasteiger partial charge in [-0.2, -0.15) is 0 Å². The first kappa shape index (κ1) is 18.6. The number of oxazole rings is 1. The summed E-state index contributed by atoms with van der Waals surface area (Å²) >= 11 is 0. The van der Waals surface area contributed by atoms with Crippen molar-refractivity contribution in [2.24, 2.45) is 5.92 Å². The van der Waals surface area contributed by atoms with E-state index in [0.717, 1.165) is 13.0 Å². The van der Waals surface area contributed by atoms with Crippen LogP contribution in [-0.2, 0) is 6.42 Å². The highest BCUT2D eigenvalue weighted by Crippen LogP contribution is 2.31. The van der Waals surface area contributed by atoms with Crippen LogP contribution < -0.4 is 0 Å². The Balaban J connectivity index is 1.66. The Labute approximate surface area is 154 Å². The topological polar surface area (TPSA) is 72.4 Å². The Hall–Kier alpha value is -2.21. The third kappa shape index (κ3) is 4.30. The molecular formula is C20H27N3O3. The Morgan fingerprint density at radius 1 is 1.38 bits per heavy atom. The first-order valence-corrected chi connectivity index (χ1v) is 9.44. The summed E-state index contributed by atoms with van der Waals surface area (Å²) in [7, 11) is 0. The zero-order valence-electron chi connectivity index (χ0n) is 15.7. The molecular weight excluding hydrogens is 330 g/mol. The number of aromatic nitrogens is 1. The average Bonchev–Trinajstić information content (AvgIpc) is 3.38. The maximum Gasteiger partial charge on any atom is 0.270 e. The first-order chi connectivity index (χ1) is 12.5. The molecule has 1 aliphatic rings. The van der Waals surface area contributed by atoms with Gasteiger partial charge in [-0.1, -0.05) is 32.4 Å². The van der Waals surface area contributed by atoms with Crippen LogP contribution in [-0.4, -0.2) is 33.4 Å². The molecule has 2 atom stereocenters. The fourth-order valence-electron chi connectivity index (χ4n) is 3.35. The van der Waals surface area contributed by atoms with Crippen LogP contribution in [0, 0.1) is 16.0 Å². The van der Waals surface area contributed by atoms with Gasteiger partial charge in [-0.3, -0.25) is 15.0 Å². The minimum atomic E-state index is -0.398. The lowest BCUT2D eigenvalue weighted by molar-refractivity contribution is -0.384. The second kappa shape index (κ2) is 7.99. The van der Waals surface area contributed by atoms with Crippen LogP contribution in [0.4, 0.5) is 5.69 Å². The lowest BCUT2D eigenvalue weighted by Gasteiger charge is -2.32. The lowest BCUT2D eigenvalue weighted by atomic mass is 9.99. The molecule has 0 N–H and O–H groups in total. The number of nitrogens with zero attached hydrogens (tertiary/aromatic N) is 3. The summed E-state index contributed by atoms with van der Waals surface area (Å²) in [6.07, 6.45) is 6.16. The zero-order chi connectivity index (χ0) is 18.7. The number of hydrogen-bond acceptors (Lipinski definition) is 5. The standard InChI is InChI=1S/C20H27N3O3/c1-4-14(2)15(3)22(17-8-9-17)11-10-20-21-13-19(26-20)16-6-5-7-18(12-16)23(24)25/h5-7,12-15,17H,4,8-11H2,1-3H3. The van der Waals surface area contributed by atoms with Crippen LogP contribution >= 0.6 is 0 Å². The monoisotopic (exact) mass is 357 g/mol. The number of nitro benzene ring substituents is 1. The SMILES string of the molecule is CCC(C)C(C)N(CCc1ncc(-c2cccc([N+](=O)[O-])c2)o1)C1CC1. The summed E-state index contributed by atoms with van der Waals surface area (Å²) in [6, 6.07) is 7.72. The molecule has 6 heteroatoms. The molecule has 6 nitrogen and oxygen atoms in total. The molecule has 1 saturated carbocycles. The number of benzene rings is 1. The number of non-ortho nitro benzene ring substituents is 1. The lowest BCUT2D eigenvalue weighted by Crippen LogP contribution is -2.40. The van der Waals surface area contributed by atoms with Gasteiger partial charge in [0.1, 0.15) is 0 Å². The molecule has 0 aliphatic heterocycles. The molecule has 0 spiro atoms. The van der Waals surface area contributed by atoms with Crippen LogP contribution in [0.15, 0.2) is 34.9 Å². The second-order valence-corrected chi connectivity index (χ2v) is 7.27. The molecule has 1 fully saturated rings. The summed E-state index contributed by atoms with van der Waals surface area (Å²) in [6.45, 7) is 7.80. The van der Waals surface area contributed by atoms with E-state index in [1.165, 1.54) is 31.4 Å². The van der Waals surface area contributed by atoms with E-state index in [2.05, 4.69) is 30.7 Å². The molecule has 3 rings (SSSR count). The summed E-state index contributed by atoms with van der Waals surface area (Å²) in [5.41, 5.74) is 0.743. The minimum Gasteiger partial charge on any atom is -0.441 e. The van der Waals surface area contributed by atoms with E-state index in [1.54, 1.807) is 18.3 Å². The maximum absolute atomic E-state index is 10.9. The van der Waals surface area contributed by atoms with E-state index < -0.39 is 4.92 Å². The van der Waals surface area contributed by atoms with Crippen molar-refractivity contribution >= 4 is 5.69 Å². The fourth-order valence-corrected chi connectivity index (χ4v) is 3.35. The van der Waals surface area contributed by atoms with Gasteiger partial charge in [0, 0.05) is 42.7 Å². The van der Waals surface area contributed by atoms with Crippen LogP contribution in [0.3, 0.4) is 0 Å². The van der Waals surface area contributed by atoms with Crippen molar-refractivity contribution in [1.29, 1.82) is 0 Å². The van der Waals surface area contributed by atoms with Gasteiger partial charge < -0.3 is 4.42 Å². The van der Waals surface area contributed by atoms with Gasteiger partial charge in [-0.15, -0.1) is 0 Å². The molecule has 0 bridgehead atoms. The van der Waals surface area contributed by atoms with Gasteiger partial charge >= 0.3 is 0 Å². The Bertz CT molecular complexity index is 754. The number of rotatable bonds is 9. The number of nitro groups is 1. The molecule has 1 aromatic heterocycles. The molecule has 1 heterocycles. The third-order valence-corrected chi connectivity index (χ3v) is 5.49. The smallest absolute Gasteiger partial charge is 0.270 e. The van der Waals surface area contributed by atoms with Gasteiger partial charge in [0.05, 0.1) is 11.1 Å². The molecule has 0 amide bonds.